The van der Waals surface area contributed by atoms with Crippen LogP contribution in [0.15, 0.2) is 53.5 Å². The molecule has 1 heterocycles. The van der Waals surface area contributed by atoms with Crippen LogP contribution < -0.4 is 4.80 Å². The van der Waals surface area contributed by atoms with Gasteiger partial charge in [-0.15, -0.1) is 0 Å². The normalized spacial score (nSPS) is 12.3. The van der Waals surface area contributed by atoms with Crippen LogP contribution in [0, 0.1) is 6.92 Å². The van der Waals surface area contributed by atoms with Gasteiger partial charge in [-0.3, -0.25) is 4.79 Å². The van der Waals surface area contributed by atoms with Crippen LogP contribution in [0.1, 0.15) is 35.8 Å². The Hall–Kier alpha value is -2.20. The molecule has 3 nitrogen and oxygen atoms in total. The van der Waals surface area contributed by atoms with E-state index >= 15 is 0 Å². The van der Waals surface area contributed by atoms with Gasteiger partial charge in [-0.25, -0.2) is 0 Å². The van der Waals surface area contributed by atoms with Crippen molar-refractivity contribution in [3.63, 3.8) is 0 Å². The van der Waals surface area contributed by atoms with Crippen molar-refractivity contribution < 1.29 is 4.79 Å². The number of carbonyl (C=O) groups is 1. The molecule has 1 amide bonds. The van der Waals surface area contributed by atoms with E-state index in [0.29, 0.717) is 5.56 Å². The smallest absolute Gasteiger partial charge is 0.279 e. The molecule has 3 aromatic rings. The molecule has 22 heavy (non-hydrogen) atoms. The maximum Gasteiger partial charge on any atom is 0.279 e. The predicted octanol–water partition coefficient (Wildman–Crippen LogP) is 4.33. The maximum atomic E-state index is 12.4. The number of aryl methyl sites for hydroxylation is 1. The largest absolute Gasteiger partial charge is 0.314 e. The molecule has 2 aromatic carbocycles. The summed E-state index contributed by atoms with van der Waals surface area (Å²) in [6.07, 6.45) is 0. The molecule has 4 heteroatoms. The number of rotatable bonds is 2. The molecule has 0 saturated heterocycles. The lowest BCUT2D eigenvalue weighted by Crippen LogP contribution is -2.18. The van der Waals surface area contributed by atoms with E-state index in [1.807, 2.05) is 43.3 Å². The quantitative estimate of drug-likeness (QED) is 0.693. The number of hydrogen-bond donors (Lipinski definition) is 0. The van der Waals surface area contributed by atoms with Crippen LogP contribution in [0.3, 0.4) is 0 Å². The highest BCUT2D eigenvalue weighted by Gasteiger charge is 2.10. The van der Waals surface area contributed by atoms with Gasteiger partial charge < -0.3 is 4.57 Å². The molecule has 3 rings (SSSR count). The number of aromatic nitrogens is 1. The van der Waals surface area contributed by atoms with Gasteiger partial charge in [0.2, 0.25) is 0 Å². The van der Waals surface area contributed by atoms with Gasteiger partial charge in [0.1, 0.15) is 0 Å². The topological polar surface area (TPSA) is 34.4 Å². The van der Waals surface area contributed by atoms with E-state index < -0.39 is 0 Å². The number of benzene rings is 2. The molecule has 112 valence electrons. The van der Waals surface area contributed by atoms with Crippen molar-refractivity contribution in [2.75, 3.05) is 0 Å². The monoisotopic (exact) mass is 310 g/mol. The molecule has 0 spiro atoms. The number of hydrogen-bond acceptors (Lipinski definition) is 2. The number of para-hydroxylation sites is 1. The van der Waals surface area contributed by atoms with E-state index in [0.717, 1.165) is 20.6 Å². The molecule has 0 aliphatic carbocycles. The Labute approximate surface area is 133 Å². The molecule has 0 unspecified atom stereocenters. The first-order valence-electron chi connectivity index (χ1n) is 7.32. The highest BCUT2D eigenvalue weighted by molar-refractivity contribution is 7.16. The SMILES string of the molecule is Cc1ccc(C(=O)N=c2sc3ccccc3n2C(C)C)cc1. The maximum absolute atomic E-state index is 12.4. The second-order valence-electron chi connectivity index (χ2n) is 5.60. The van der Waals surface area contributed by atoms with Crippen molar-refractivity contribution in [2.24, 2.45) is 4.99 Å². The van der Waals surface area contributed by atoms with E-state index in [1.165, 1.54) is 0 Å². The van der Waals surface area contributed by atoms with Gasteiger partial charge in [-0.2, -0.15) is 4.99 Å². The van der Waals surface area contributed by atoms with Crippen LogP contribution in [-0.2, 0) is 0 Å². The summed E-state index contributed by atoms with van der Waals surface area (Å²) in [6.45, 7) is 6.22. The molecular weight excluding hydrogens is 292 g/mol. The fraction of sp³-hybridized carbons (Fsp3) is 0.222. The Balaban J connectivity index is 2.14. The average molecular weight is 310 g/mol. The second kappa shape index (κ2) is 5.89. The predicted molar refractivity (Wildman–Crippen MR) is 91.3 cm³/mol. The summed E-state index contributed by atoms with van der Waals surface area (Å²) in [4.78, 5) is 17.5. The minimum atomic E-state index is -0.194. The highest BCUT2D eigenvalue weighted by atomic mass is 32.1. The van der Waals surface area contributed by atoms with Crippen molar-refractivity contribution in [3.05, 3.63) is 64.5 Å². The van der Waals surface area contributed by atoms with E-state index in [4.69, 9.17) is 0 Å². The Bertz CT molecular complexity index is 885. The first kappa shape index (κ1) is 14.7. The molecule has 0 fully saturated rings. The Morgan fingerprint density at radius 2 is 1.77 bits per heavy atom. The minimum Gasteiger partial charge on any atom is -0.314 e. The van der Waals surface area contributed by atoms with Crippen LogP contribution in [0.2, 0.25) is 0 Å². The lowest BCUT2D eigenvalue weighted by Gasteiger charge is -2.08. The molecule has 0 aliphatic rings. The van der Waals surface area contributed by atoms with Gasteiger partial charge in [0, 0.05) is 11.6 Å². The zero-order valence-corrected chi connectivity index (χ0v) is 13.7. The summed E-state index contributed by atoms with van der Waals surface area (Å²) in [5.41, 5.74) is 2.88. The van der Waals surface area contributed by atoms with E-state index in [1.54, 1.807) is 11.3 Å². The third-order valence-corrected chi connectivity index (χ3v) is 4.58. The van der Waals surface area contributed by atoms with Crippen molar-refractivity contribution in [3.8, 4) is 0 Å². The lowest BCUT2D eigenvalue weighted by atomic mass is 10.1. The number of fused-ring (bicyclic) bond motifs is 1. The van der Waals surface area contributed by atoms with Crippen LogP contribution >= 0.6 is 11.3 Å². The van der Waals surface area contributed by atoms with Gasteiger partial charge in [0.25, 0.3) is 5.91 Å². The van der Waals surface area contributed by atoms with Gasteiger partial charge in [-0.05, 0) is 45.0 Å². The number of thiazole rings is 1. The van der Waals surface area contributed by atoms with Crippen LogP contribution in [0.25, 0.3) is 10.2 Å². The minimum absolute atomic E-state index is 0.194. The van der Waals surface area contributed by atoms with E-state index in [2.05, 4.69) is 35.5 Å². The summed E-state index contributed by atoms with van der Waals surface area (Å²) in [5, 5.41) is 0. The lowest BCUT2D eigenvalue weighted by molar-refractivity contribution is 0.0997. The van der Waals surface area contributed by atoms with Gasteiger partial charge >= 0.3 is 0 Å². The molecule has 0 aliphatic heterocycles. The van der Waals surface area contributed by atoms with E-state index in [9.17, 15) is 4.79 Å². The summed E-state index contributed by atoms with van der Waals surface area (Å²) >= 11 is 1.55. The van der Waals surface area contributed by atoms with Gasteiger partial charge in [-0.1, -0.05) is 41.2 Å². The number of nitrogens with zero attached hydrogens (tertiary/aromatic N) is 2. The average Bonchev–Trinajstić information content (AvgIpc) is 2.85. The fourth-order valence-corrected chi connectivity index (χ4v) is 3.57. The number of amides is 1. The first-order valence-corrected chi connectivity index (χ1v) is 8.13. The number of carbonyl (C=O) groups excluding carboxylic acids is 1. The summed E-state index contributed by atoms with van der Waals surface area (Å²) in [5.74, 6) is -0.194. The third kappa shape index (κ3) is 2.74. The van der Waals surface area contributed by atoms with Crippen molar-refractivity contribution in [2.45, 2.75) is 26.8 Å². The Morgan fingerprint density at radius 3 is 2.45 bits per heavy atom. The zero-order chi connectivity index (χ0) is 15.7. The van der Waals surface area contributed by atoms with Gasteiger partial charge in [0.05, 0.1) is 10.2 Å². The van der Waals surface area contributed by atoms with Crippen LogP contribution in [0.5, 0.6) is 0 Å². The zero-order valence-electron chi connectivity index (χ0n) is 12.9. The Kier molecular flexibility index (Phi) is 3.94. The van der Waals surface area contributed by atoms with Crippen LogP contribution in [0.4, 0.5) is 0 Å². The Morgan fingerprint density at radius 1 is 1.09 bits per heavy atom. The molecule has 0 saturated carbocycles. The summed E-state index contributed by atoms with van der Waals surface area (Å²) < 4.78 is 3.26. The second-order valence-corrected chi connectivity index (χ2v) is 6.61. The molecule has 0 radical (unpaired) electrons. The van der Waals surface area contributed by atoms with Crippen molar-refractivity contribution >= 4 is 27.5 Å². The highest BCUT2D eigenvalue weighted by Crippen LogP contribution is 2.20. The summed E-state index contributed by atoms with van der Waals surface area (Å²) in [7, 11) is 0. The van der Waals surface area contributed by atoms with Crippen molar-refractivity contribution in [1.82, 2.24) is 4.57 Å². The third-order valence-electron chi connectivity index (χ3n) is 3.54. The van der Waals surface area contributed by atoms with E-state index in [-0.39, 0.29) is 11.9 Å². The van der Waals surface area contributed by atoms with Crippen molar-refractivity contribution in [1.29, 1.82) is 0 Å². The molecule has 0 bridgehead atoms. The first-order chi connectivity index (χ1) is 10.6. The fourth-order valence-electron chi connectivity index (χ4n) is 2.42. The van der Waals surface area contributed by atoms with Gasteiger partial charge in [0.15, 0.2) is 4.80 Å². The molecule has 0 N–H and O–H groups in total. The standard InChI is InChI=1S/C18H18N2OS/c1-12(2)20-15-6-4-5-7-16(15)22-18(20)19-17(21)14-10-8-13(3)9-11-14/h4-12H,1-3H3. The van der Waals surface area contributed by atoms with Crippen LogP contribution in [-0.4, -0.2) is 10.5 Å². The summed E-state index contributed by atoms with van der Waals surface area (Å²) in [6, 6.07) is 15.9. The molecule has 1 aromatic heterocycles. The molecular formula is C18H18N2OS. The molecule has 0 atom stereocenters.